The summed E-state index contributed by atoms with van der Waals surface area (Å²) in [5.74, 6) is -1.30. The molecule has 2 heterocycles. The number of nitrogens with zero attached hydrogens (tertiary/aromatic N) is 3. The average molecular weight is 861 g/mol. The fourth-order valence-corrected chi connectivity index (χ4v) is 8.75. The van der Waals surface area contributed by atoms with Crippen LogP contribution in [0.5, 0.6) is 5.88 Å². The quantitative estimate of drug-likeness (QED) is 0.197. The number of benzene rings is 2. The maximum atomic E-state index is 14.5. The fraction of sp³-hybridized carbons (Fsp3) is 0.514. The minimum Gasteiger partial charge on any atom is -0.472 e. The van der Waals surface area contributed by atoms with E-state index in [9.17, 15) is 27.6 Å². The monoisotopic (exact) mass is 860 g/mol. The molecule has 2 aliphatic carbocycles. The normalized spacial score (nSPS) is 23.5. The lowest BCUT2D eigenvalue weighted by atomic mass is 9.85. The predicted octanol–water partition coefficient (Wildman–Crippen LogP) is 4.26. The van der Waals surface area contributed by atoms with Gasteiger partial charge in [0.05, 0.1) is 22.7 Å². The SMILES string of the molecule is CC(C)(C)OC(=O)N[C@H](C(=O)N1C[C@H](Oc2nc(-c3ccccc3)nc3ccccc23)CC1C(=O)N[C@]1(C(=O)NS(=O)(=O)C2CC2)C[C@H]1I)C(C)(C)C. The summed E-state index contributed by atoms with van der Waals surface area (Å²) in [6.07, 6.45) is -0.366. The van der Waals surface area contributed by atoms with Crippen molar-refractivity contribution in [3.63, 3.8) is 0 Å². The number of likely N-dealkylation sites (tertiary alicyclic amines) is 1. The highest BCUT2D eigenvalue weighted by atomic mass is 127. The Morgan fingerprint density at radius 2 is 1.60 bits per heavy atom. The number of ether oxygens (including phenoxy) is 2. The van der Waals surface area contributed by atoms with Crippen molar-refractivity contribution >= 4 is 67.3 Å². The van der Waals surface area contributed by atoms with E-state index in [1.807, 2.05) is 77.2 Å². The van der Waals surface area contributed by atoms with Crippen molar-refractivity contribution in [2.75, 3.05) is 6.54 Å². The Balaban J connectivity index is 1.31. The van der Waals surface area contributed by atoms with Gasteiger partial charge in [0.2, 0.25) is 27.7 Å². The van der Waals surface area contributed by atoms with Crippen molar-refractivity contribution in [1.29, 1.82) is 0 Å². The number of rotatable bonds is 10. The van der Waals surface area contributed by atoms with Crippen LogP contribution in [-0.2, 0) is 29.1 Å². The highest BCUT2D eigenvalue weighted by molar-refractivity contribution is 14.1. The van der Waals surface area contributed by atoms with Crippen LogP contribution in [0.1, 0.15) is 67.2 Å². The Bertz CT molecular complexity index is 2030. The maximum Gasteiger partial charge on any atom is 0.408 e. The molecule has 284 valence electrons. The zero-order chi connectivity index (χ0) is 38.5. The second kappa shape index (κ2) is 14.3. The Labute approximate surface area is 322 Å². The number of nitrogens with one attached hydrogen (secondary N) is 3. The Hall–Kier alpha value is -4.06. The largest absolute Gasteiger partial charge is 0.472 e. The molecular formula is C37H45IN6O8S. The summed E-state index contributed by atoms with van der Waals surface area (Å²) in [7, 11) is -3.87. The molecule has 3 N–H and O–H groups in total. The lowest BCUT2D eigenvalue weighted by molar-refractivity contribution is -0.142. The van der Waals surface area contributed by atoms with Gasteiger partial charge in [-0.2, -0.15) is 4.98 Å². The first-order valence-corrected chi connectivity index (χ1v) is 20.4. The molecule has 53 heavy (non-hydrogen) atoms. The molecule has 1 aromatic heterocycles. The number of alkyl halides is 1. The first kappa shape index (κ1) is 38.7. The van der Waals surface area contributed by atoms with Gasteiger partial charge in [-0.3, -0.25) is 19.1 Å². The van der Waals surface area contributed by atoms with Gasteiger partial charge in [-0.15, -0.1) is 0 Å². The number of carbonyl (C=O) groups excluding carboxylic acids is 4. The molecule has 4 amide bonds. The van der Waals surface area contributed by atoms with Crippen molar-refractivity contribution < 1.29 is 37.1 Å². The zero-order valence-corrected chi connectivity index (χ0v) is 33.5. The summed E-state index contributed by atoms with van der Waals surface area (Å²) < 4.78 is 39.1. The third-order valence-corrected chi connectivity index (χ3v) is 12.6. The molecular weight excluding hydrogens is 815 g/mol. The number of halogens is 1. The van der Waals surface area contributed by atoms with Crippen LogP contribution in [-0.4, -0.2) is 92.1 Å². The molecule has 0 bridgehead atoms. The first-order chi connectivity index (χ1) is 24.8. The smallest absolute Gasteiger partial charge is 0.408 e. The van der Waals surface area contributed by atoms with Crippen LogP contribution in [0.3, 0.4) is 0 Å². The van der Waals surface area contributed by atoms with Gasteiger partial charge in [0.25, 0.3) is 5.91 Å². The van der Waals surface area contributed by atoms with Gasteiger partial charge in [-0.25, -0.2) is 18.2 Å². The molecule has 3 aliphatic rings. The minimum atomic E-state index is -3.87. The van der Waals surface area contributed by atoms with E-state index in [1.54, 1.807) is 41.5 Å². The molecule has 0 spiro atoms. The standard InChI is InChI=1S/C37H45IN6O8S/c1-35(2,3)28(40-34(48)52-36(4,5)6)32(46)44-20-22(51-31-24-14-10-11-15-25(24)39-29(41-31)21-12-8-7-9-13-21)18-26(44)30(45)42-37(19-27(37)38)33(47)43-53(49,50)23-16-17-23/h7-15,22-23,26-28H,16-20H2,1-6H3,(H,40,48)(H,42,45)(H,43,47)/t22-,26?,27-,28-,37-/m1/s1. The number of hydrogen-bond donors (Lipinski definition) is 3. The first-order valence-electron chi connectivity index (χ1n) is 17.6. The van der Waals surface area contributed by atoms with Gasteiger partial charge in [0.1, 0.15) is 29.3 Å². The summed E-state index contributed by atoms with van der Waals surface area (Å²) in [4.78, 5) is 66.1. The summed E-state index contributed by atoms with van der Waals surface area (Å²) >= 11 is 2.01. The van der Waals surface area contributed by atoms with Gasteiger partial charge in [0, 0.05) is 15.9 Å². The van der Waals surface area contributed by atoms with E-state index in [0.29, 0.717) is 29.6 Å². The Morgan fingerprint density at radius 1 is 0.962 bits per heavy atom. The Kier molecular flexibility index (Phi) is 10.4. The van der Waals surface area contributed by atoms with E-state index < -0.39 is 73.8 Å². The number of sulfonamides is 1. The number of hydrogen-bond acceptors (Lipinski definition) is 10. The van der Waals surface area contributed by atoms with Crippen LogP contribution in [0, 0.1) is 5.41 Å². The molecule has 2 aromatic carbocycles. The van der Waals surface area contributed by atoms with Crippen LogP contribution >= 0.6 is 22.6 Å². The molecule has 16 heteroatoms. The molecule has 14 nitrogen and oxygen atoms in total. The third-order valence-electron chi connectivity index (χ3n) is 9.33. The number of alkyl carbamates (subject to hydrolysis) is 1. The van der Waals surface area contributed by atoms with E-state index >= 15 is 0 Å². The maximum absolute atomic E-state index is 14.5. The van der Waals surface area contributed by atoms with Crippen LogP contribution in [0.4, 0.5) is 4.79 Å². The Morgan fingerprint density at radius 3 is 2.21 bits per heavy atom. The average Bonchev–Trinajstić information content (AvgIpc) is 3.99. The van der Waals surface area contributed by atoms with Gasteiger partial charge in [0.15, 0.2) is 5.82 Å². The summed E-state index contributed by atoms with van der Waals surface area (Å²) in [5, 5.41) is 5.53. The third kappa shape index (κ3) is 8.68. The van der Waals surface area contributed by atoms with Crippen LogP contribution < -0.4 is 20.1 Å². The number of carbonyl (C=O) groups is 4. The molecule has 2 saturated carbocycles. The molecule has 1 saturated heterocycles. The molecule has 6 rings (SSSR count). The molecule has 0 radical (unpaired) electrons. The van der Waals surface area contributed by atoms with Crippen molar-refractivity contribution in [3.05, 3.63) is 54.6 Å². The minimum absolute atomic E-state index is 0.0177. The summed E-state index contributed by atoms with van der Waals surface area (Å²) in [5.41, 5.74) is -1.70. The van der Waals surface area contributed by atoms with E-state index in [2.05, 4.69) is 15.4 Å². The highest BCUT2D eigenvalue weighted by Crippen LogP contribution is 2.44. The van der Waals surface area contributed by atoms with E-state index in [4.69, 9.17) is 19.4 Å². The highest BCUT2D eigenvalue weighted by Gasteiger charge is 2.62. The molecule has 1 unspecified atom stereocenters. The number of fused-ring (bicyclic) bond motifs is 1. The lowest BCUT2D eigenvalue weighted by Gasteiger charge is -2.36. The topological polar surface area (TPSA) is 186 Å². The number of aromatic nitrogens is 2. The van der Waals surface area contributed by atoms with E-state index in [1.165, 1.54) is 4.90 Å². The van der Waals surface area contributed by atoms with Gasteiger partial charge in [-0.05, 0) is 57.6 Å². The van der Waals surface area contributed by atoms with Crippen LogP contribution in [0.25, 0.3) is 22.3 Å². The predicted molar refractivity (Wildman–Crippen MR) is 206 cm³/mol. The van der Waals surface area contributed by atoms with E-state index in [0.717, 1.165) is 5.56 Å². The number of amides is 4. The van der Waals surface area contributed by atoms with Crippen molar-refractivity contribution in [2.45, 2.75) is 106 Å². The zero-order valence-electron chi connectivity index (χ0n) is 30.5. The molecule has 5 atom stereocenters. The van der Waals surface area contributed by atoms with Crippen LogP contribution in [0.2, 0.25) is 0 Å². The van der Waals surface area contributed by atoms with Crippen molar-refractivity contribution in [2.24, 2.45) is 5.41 Å². The second-order valence-corrected chi connectivity index (χ2v) is 19.4. The summed E-state index contributed by atoms with van der Waals surface area (Å²) in [6.45, 7) is 10.4. The van der Waals surface area contributed by atoms with Gasteiger partial charge in [-0.1, -0.05) is 85.8 Å². The second-order valence-electron chi connectivity index (χ2n) is 16.0. The lowest BCUT2D eigenvalue weighted by Crippen LogP contribution is -2.60. The number of para-hydroxylation sites is 1. The van der Waals surface area contributed by atoms with Crippen molar-refractivity contribution in [1.82, 2.24) is 30.2 Å². The van der Waals surface area contributed by atoms with Gasteiger partial charge < -0.3 is 25.0 Å². The van der Waals surface area contributed by atoms with Crippen LogP contribution in [0.15, 0.2) is 54.6 Å². The van der Waals surface area contributed by atoms with Crippen molar-refractivity contribution in [3.8, 4) is 17.3 Å². The molecule has 3 fully saturated rings. The fourth-order valence-electron chi connectivity index (χ4n) is 6.26. The van der Waals surface area contributed by atoms with E-state index in [-0.39, 0.29) is 29.2 Å². The molecule has 1 aliphatic heterocycles. The summed E-state index contributed by atoms with van der Waals surface area (Å²) in [6, 6.07) is 14.5. The van der Waals surface area contributed by atoms with Gasteiger partial charge >= 0.3 is 6.09 Å². The molecule has 3 aromatic rings.